The third-order valence-electron chi connectivity index (χ3n) is 7.80. The maximum atomic E-state index is 13.2. The molecule has 2 saturated carbocycles. The van der Waals surface area contributed by atoms with E-state index in [2.05, 4.69) is 25.7 Å². The molecule has 2 fully saturated rings. The zero-order valence-corrected chi connectivity index (χ0v) is 20.3. The van der Waals surface area contributed by atoms with Gasteiger partial charge >= 0.3 is 12.1 Å². The van der Waals surface area contributed by atoms with Gasteiger partial charge in [0.05, 0.1) is 5.56 Å². The number of rotatable bonds is 9. The number of carboxylic acid groups (broad SMARTS) is 1. The SMILES string of the molecule is CC(C)CC(C)N(CC1CCCC1)C1CCC(CC(=O)O)CC1c1ccc(C(F)(F)F)cc1. The summed E-state index contributed by atoms with van der Waals surface area (Å²) in [5.74, 6) is 0.588. The van der Waals surface area contributed by atoms with Gasteiger partial charge in [-0.25, -0.2) is 0 Å². The predicted octanol–water partition coefficient (Wildman–Crippen LogP) is 7.36. The minimum atomic E-state index is -4.35. The molecular weight excluding hydrogens is 427 g/mol. The van der Waals surface area contributed by atoms with E-state index in [1.807, 2.05) is 0 Å². The van der Waals surface area contributed by atoms with Crippen LogP contribution in [0.3, 0.4) is 0 Å². The molecule has 0 aliphatic heterocycles. The Morgan fingerprint density at radius 1 is 1.03 bits per heavy atom. The van der Waals surface area contributed by atoms with E-state index >= 15 is 0 Å². The number of alkyl halides is 3. The van der Waals surface area contributed by atoms with E-state index in [0.29, 0.717) is 17.9 Å². The number of carbonyl (C=O) groups is 1. The summed E-state index contributed by atoms with van der Waals surface area (Å²) in [6, 6.07) is 6.26. The molecule has 0 saturated heterocycles. The molecule has 3 nitrogen and oxygen atoms in total. The lowest BCUT2D eigenvalue weighted by Crippen LogP contribution is -2.49. The quantitative estimate of drug-likeness (QED) is 0.412. The van der Waals surface area contributed by atoms with Crippen LogP contribution in [0.25, 0.3) is 0 Å². The van der Waals surface area contributed by atoms with Gasteiger partial charge in [0.2, 0.25) is 0 Å². The molecule has 186 valence electrons. The van der Waals surface area contributed by atoms with E-state index < -0.39 is 17.7 Å². The van der Waals surface area contributed by atoms with Crippen molar-refractivity contribution in [2.75, 3.05) is 6.54 Å². The molecule has 1 aromatic rings. The molecule has 1 aromatic carbocycles. The molecule has 0 spiro atoms. The molecule has 2 aliphatic rings. The Hall–Kier alpha value is -1.56. The van der Waals surface area contributed by atoms with Gasteiger partial charge in [0.25, 0.3) is 0 Å². The lowest BCUT2D eigenvalue weighted by atomic mass is 9.72. The average Bonchev–Trinajstić information content (AvgIpc) is 3.24. The monoisotopic (exact) mass is 467 g/mol. The fourth-order valence-electron chi connectivity index (χ4n) is 6.30. The zero-order chi connectivity index (χ0) is 24.2. The number of hydrogen-bond acceptors (Lipinski definition) is 2. The van der Waals surface area contributed by atoms with Crippen molar-refractivity contribution in [2.45, 2.75) is 103 Å². The summed E-state index contributed by atoms with van der Waals surface area (Å²) in [5.41, 5.74) is 0.285. The fourth-order valence-corrected chi connectivity index (χ4v) is 6.30. The van der Waals surface area contributed by atoms with E-state index in [4.69, 9.17) is 0 Å². The first kappa shape index (κ1) is 26.1. The second-order valence-electron chi connectivity index (χ2n) is 10.9. The maximum absolute atomic E-state index is 13.2. The second-order valence-corrected chi connectivity index (χ2v) is 10.9. The lowest BCUT2D eigenvalue weighted by molar-refractivity contribution is -0.139. The highest BCUT2D eigenvalue weighted by Crippen LogP contribution is 2.43. The average molecular weight is 468 g/mol. The summed E-state index contributed by atoms with van der Waals surface area (Å²) in [7, 11) is 0. The fraction of sp³-hybridized carbons (Fsp3) is 0.741. The van der Waals surface area contributed by atoms with Gasteiger partial charge in [0.1, 0.15) is 0 Å². The highest BCUT2D eigenvalue weighted by atomic mass is 19.4. The topological polar surface area (TPSA) is 40.5 Å². The number of halogens is 3. The van der Waals surface area contributed by atoms with Gasteiger partial charge in [-0.05, 0) is 86.8 Å². The molecule has 0 amide bonds. The van der Waals surface area contributed by atoms with Crippen LogP contribution in [0.2, 0.25) is 0 Å². The molecule has 1 N–H and O–H groups in total. The van der Waals surface area contributed by atoms with Crippen LogP contribution in [-0.4, -0.2) is 34.6 Å². The first-order valence-electron chi connectivity index (χ1n) is 12.7. The second kappa shape index (κ2) is 11.2. The Bertz CT molecular complexity index is 756. The van der Waals surface area contributed by atoms with Crippen LogP contribution in [0.4, 0.5) is 13.2 Å². The third kappa shape index (κ3) is 7.21. The summed E-state index contributed by atoms with van der Waals surface area (Å²) >= 11 is 0. The molecule has 0 aromatic heterocycles. The van der Waals surface area contributed by atoms with Gasteiger partial charge in [-0.15, -0.1) is 0 Å². The van der Waals surface area contributed by atoms with Crippen molar-refractivity contribution in [1.29, 1.82) is 0 Å². The minimum Gasteiger partial charge on any atom is -0.481 e. The molecule has 0 heterocycles. The number of aliphatic carboxylic acids is 1. The van der Waals surface area contributed by atoms with Crippen LogP contribution in [0.15, 0.2) is 24.3 Å². The number of hydrogen-bond donors (Lipinski definition) is 1. The van der Waals surface area contributed by atoms with Crippen LogP contribution in [0, 0.1) is 17.8 Å². The van der Waals surface area contributed by atoms with E-state index in [0.717, 1.165) is 37.8 Å². The minimum absolute atomic E-state index is 0.0569. The van der Waals surface area contributed by atoms with E-state index in [-0.39, 0.29) is 24.3 Å². The summed E-state index contributed by atoms with van der Waals surface area (Å²) in [6.07, 6.45) is 4.43. The van der Waals surface area contributed by atoms with Crippen molar-refractivity contribution >= 4 is 5.97 Å². The van der Waals surface area contributed by atoms with Crippen molar-refractivity contribution in [1.82, 2.24) is 4.90 Å². The van der Waals surface area contributed by atoms with Crippen molar-refractivity contribution in [3.8, 4) is 0 Å². The number of nitrogens with zero attached hydrogens (tertiary/aromatic N) is 1. The summed E-state index contributed by atoms with van der Waals surface area (Å²) < 4.78 is 39.5. The molecule has 4 atom stereocenters. The zero-order valence-electron chi connectivity index (χ0n) is 20.3. The maximum Gasteiger partial charge on any atom is 0.416 e. The first-order valence-corrected chi connectivity index (χ1v) is 12.7. The first-order chi connectivity index (χ1) is 15.5. The third-order valence-corrected chi connectivity index (χ3v) is 7.80. The molecule has 4 unspecified atom stereocenters. The summed E-state index contributed by atoms with van der Waals surface area (Å²) in [5, 5.41) is 9.37. The Morgan fingerprint density at radius 2 is 1.67 bits per heavy atom. The molecule has 3 rings (SSSR count). The molecule has 0 radical (unpaired) electrons. The van der Waals surface area contributed by atoms with Crippen LogP contribution >= 0.6 is 0 Å². The highest BCUT2D eigenvalue weighted by Gasteiger charge is 2.39. The molecule has 0 bridgehead atoms. The largest absolute Gasteiger partial charge is 0.481 e. The predicted molar refractivity (Wildman–Crippen MR) is 125 cm³/mol. The van der Waals surface area contributed by atoms with Gasteiger partial charge in [-0.1, -0.05) is 38.8 Å². The van der Waals surface area contributed by atoms with Gasteiger partial charge in [0.15, 0.2) is 0 Å². The van der Waals surface area contributed by atoms with Crippen LogP contribution in [0.5, 0.6) is 0 Å². The van der Waals surface area contributed by atoms with Crippen molar-refractivity contribution < 1.29 is 23.1 Å². The molecule has 2 aliphatic carbocycles. The van der Waals surface area contributed by atoms with Crippen LogP contribution in [0.1, 0.15) is 95.6 Å². The van der Waals surface area contributed by atoms with Crippen LogP contribution in [-0.2, 0) is 11.0 Å². The summed E-state index contributed by atoms with van der Waals surface area (Å²) in [4.78, 5) is 14.1. The van der Waals surface area contributed by atoms with Gasteiger partial charge < -0.3 is 5.11 Å². The Balaban J connectivity index is 1.90. The Kier molecular flexibility index (Phi) is 8.88. The van der Waals surface area contributed by atoms with Crippen molar-refractivity contribution in [3.63, 3.8) is 0 Å². The van der Waals surface area contributed by atoms with E-state index in [9.17, 15) is 23.1 Å². The Labute approximate surface area is 196 Å². The number of carboxylic acids is 1. The Morgan fingerprint density at radius 3 is 2.21 bits per heavy atom. The lowest BCUT2D eigenvalue weighted by Gasteiger charge is -2.46. The summed E-state index contributed by atoms with van der Waals surface area (Å²) in [6.45, 7) is 7.81. The van der Waals surface area contributed by atoms with E-state index in [1.165, 1.54) is 37.8 Å². The van der Waals surface area contributed by atoms with Gasteiger partial charge in [-0.2, -0.15) is 13.2 Å². The highest BCUT2D eigenvalue weighted by molar-refractivity contribution is 5.67. The molecule has 6 heteroatoms. The van der Waals surface area contributed by atoms with Crippen molar-refractivity contribution in [2.24, 2.45) is 17.8 Å². The van der Waals surface area contributed by atoms with Gasteiger partial charge in [0, 0.05) is 25.0 Å². The van der Waals surface area contributed by atoms with Crippen molar-refractivity contribution in [3.05, 3.63) is 35.4 Å². The van der Waals surface area contributed by atoms with E-state index in [1.54, 1.807) is 12.1 Å². The molecule has 33 heavy (non-hydrogen) atoms. The standard InChI is InChI=1S/C27H40F3NO2/c1-18(2)14-19(3)31(17-20-6-4-5-7-20)25-13-8-21(16-26(32)33)15-24(25)22-9-11-23(12-10-22)27(28,29)30/h9-12,18-21,24-25H,4-8,13-17H2,1-3H3,(H,32,33). The smallest absolute Gasteiger partial charge is 0.416 e. The molecular formula is C27H40F3NO2. The number of benzene rings is 1. The van der Waals surface area contributed by atoms with Gasteiger partial charge in [-0.3, -0.25) is 9.69 Å². The van der Waals surface area contributed by atoms with Crippen LogP contribution < -0.4 is 0 Å². The normalized spacial score (nSPS) is 25.6.